The van der Waals surface area contributed by atoms with E-state index in [9.17, 15) is 4.79 Å². The summed E-state index contributed by atoms with van der Waals surface area (Å²) in [4.78, 5) is 17.0. The van der Waals surface area contributed by atoms with E-state index in [1.54, 1.807) is 12.5 Å². The number of furan rings is 1. The van der Waals surface area contributed by atoms with Crippen LogP contribution in [0.25, 0.3) is 0 Å². The van der Waals surface area contributed by atoms with Gasteiger partial charge in [0, 0.05) is 29.9 Å². The van der Waals surface area contributed by atoms with E-state index in [1.165, 1.54) is 0 Å². The number of carbonyl (C=O) groups excluding carboxylic acids is 1. The summed E-state index contributed by atoms with van der Waals surface area (Å²) < 4.78 is 5.35. The molecule has 1 aromatic carbocycles. The lowest BCUT2D eigenvalue weighted by atomic mass is 10.0. The van der Waals surface area contributed by atoms with Crippen molar-refractivity contribution in [3.63, 3.8) is 0 Å². The molecule has 0 aliphatic carbocycles. The molecule has 0 bridgehead atoms. The Hall–Kier alpha value is -3.08. The number of aryl methyl sites for hydroxylation is 1. The van der Waals surface area contributed by atoms with E-state index in [-0.39, 0.29) is 11.9 Å². The average molecular weight is 363 g/mol. The first-order chi connectivity index (χ1) is 13.1. The molecule has 140 valence electrons. The van der Waals surface area contributed by atoms with Gasteiger partial charge in [0.25, 0.3) is 5.91 Å². The summed E-state index contributed by atoms with van der Waals surface area (Å²) in [5, 5.41) is 6.45. The first-order valence-corrected chi connectivity index (χ1v) is 9.20. The number of nitrogens with zero attached hydrogens (tertiary/aromatic N) is 1. The first kappa shape index (κ1) is 18.7. The van der Waals surface area contributed by atoms with Gasteiger partial charge in [-0.2, -0.15) is 0 Å². The molecule has 0 fully saturated rings. The SMILES string of the molecule is Cc1c(NCc2ccccn2)cccc1C(=O)N[C@H](C)CCc1ccco1. The molecule has 3 aromatic rings. The van der Waals surface area contributed by atoms with Crippen LogP contribution in [-0.4, -0.2) is 16.9 Å². The van der Waals surface area contributed by atoms with Crippen LogP contribution in [0.1, 0.15) is 40.7 Å². The number of hydrogen-bond acceptors (Lipinski definition) is 4. The topological polar surface area (TPSA) is 67.2 Å². The van der Waals surface area contributed by atoms with Crippen molar-refractivity contribution in [2.45, 2.75) is 39.3 Å². The molecule has 1 amide bonds. The fourth-order valence-corrected chi connectivity index (χ4v) is 2.95. The van der Waals surface area contributed by atoms with Crippen LogP contribution in [0.2, 0.25) is 0 Å². The van der Waals surface area contributed by atoms with Crippen LogP contribution < -0.4 is 10.6 Å². The Bertz CT molecular complexity index is 861. The van der Waals surface area contributed by atoms with Crippen molar-refractivity contribution in [2.24, 2.45) is 0 Å². The van der Waals surface area contributed by atoms with Crippen LogP contribution in [0.4, 0.5) is 5.69 Å². The van der Waals surface area contributed by atoms with Gasteiger partial charge in [0.05, 0.1) is 18.5 Å². The van der Waals surface area contributed by atoms with Gasteiger partial charge >= 0.3 is 0 Å². The van der Waals surface area contributed by atoms with Crippen molar-refractivity contribution in [1.29, 1.82) is 0 Å². The highest BCUT2D eigenvalue weighted by Gasteiger charge is 2.14. The molecule has 2 N–H and O–H groups in total. The summed E-state index contributed by atoms with van der Waals surface area (Å²) in [5.41, 5.74) is 3.52. The molecule has 5 heteroatoms. The van der Waals surface area contributed by atoms with Gasteiger partial charge in [-0.05, 0) is 62.2 Å². The number of benzene rings is 1. The zero-order valence-electron chi connectivity index (χ0n) is 15.7. The molecule has 27 heavy (non-hydrogen) atoms. The Morgan fingerprint density at radius 1 is 1.15 bits per heavy atom. The average Bonchev–Trinajstić information content (AvgIpc) is 3.20. The largest absolute Gasteiger partial charge is 0.469 e. The lowest BCUT2D eigenvalue weighted by Gasteiger charge is -2.16. The second-order valence-electron chi connectivity index (χ2n) is 6.65. The van der Waals surface area contributed by atoms with Crippen LogP contribution in [0, 0.1) is 6.92 Å². The molecule has 0 aliphatic heterocycles. The highest BCUT2D eigenvalue weighted by Crippen LogP contribution is 2.20. The van der Waals surface area contributed by atoms with Crippen molar-refractivity contribution in [2.75, 3.05) is 5.32 Å². The molecule has 0 saturated carbocycles. The second-order valence-corrected chi connectivity index (χ2v) is 6.65. The van der Waals surface area contributed by atoms with Crippen molar-refractivity contribution < 1.29 is 9.21 Å². The minimum Gasteiger partial charge on any atom is -0.469 e. The summed E-state index contributed by atoms with van der Waals surface area (Å²) in [6, 6.07) is 15.5. The Morgan fingerprint density at radius 2 is 2.04 bits per heavy atom. The summed E-state index contributed by atoms with van der Waals surface area (Å²) in [7, 11) is 0. The van der Waals surface area contributed by atoms with E-state index >= 15 is 0 Å². The van der Waals surface area contributed by atoms with Gasteiger partial charge in [0.15, 0.2) is 0 Å². The molecule has 3 rings (SSSR count). The normalized spacial score (nSPS) is 11.8. The fraction of sp³-hybridized carbons (Fsp3) is 0.273. The first-order valence-electron chi connectivity index (χ1n) is 9.20. The Morgan fingerprint density at radius 3 is 2.78 bits per heavy atom. The minimum atomic E-state index is -0.0547. The highest BCUT2D eigenvalue weighted by molar-refractivity contribution is 5.97. The maximum Gasteiger partial charge on any atom is 0.251 e. The van der Waals surface area contributed by atoms with Crippen LogP contribution in [-0.2, 0) is 13.0 Å². The third-order valence-electron chi connectivity index (χ3n) is 4.55. The maximum atomic E-state index is 12.7. The molecule has 5 nitrogen and oxygen atoms in total. The van der Waals surface area contributed by atoms with Gasteiger partial charge in [0.1, 0.15) is 5.76 Å². The predicted octanol–water partition coefficient (Wildman–Crippen LogP) is 4.35. The number of carbonyl (C=O) groups is 1. The maximum absolute atomic E-state index is 12.7. The Balaban J connectivity index is 1.59. The summed E-state index contributed by atoms with van der Waals surface area (Å²) in [6.07, 6.45) is 5.08. The van der Waals surface area contributed by atoms with Crippen LogP contribution in [0.15, 0.2) is 65.4 Å². The smallest absolute Gasteiger partial charge is 0.251 e. The number of nitrogens with one attached hydrogen (secondary N) is 2. The molecule has 0 spiro atoms. The van der Waals surface area contributed by atoms with E-state index in [1.807, 2.05) is 62.4 Å². The minimum absolute atomic E-state index is 0.0547. The second kappa shape index (κ2) is 9.03. The van der Waals surface area contributed by atoms with Gasteiger partial charge in [-0.1, -0.05) is 12.1 Å². The number of anilines is 1. The standard InChI is InChI=1S/C22H25N3O2/c1-16(11-12-19-8-6-14-27-19)25-22(26)20-9-5-10-21(17(20)2)24-15-18-7-3-4-13-23-18/h3-10,13-14,16,24H,11-12,15H2,1-2H3,(H,25,26)/t16-/m1/s1. The zero-order chi connectivity index (χ0) is 19.1. The van der Waals surface area contributed by atoms with Crippen LogP contribution >= 0.6 is 0 Å². The molecular formula is C22H25N3O2. The number of pyridine rings is 1. The molecule has 2 heterocycles. The molecule has 0 aliphatic rings. The van der Waals surface area contributed by atoms with E-state index in [2.05, 4.69) is 15.6 Å². The van der Waals surface area contributed by atoms with E-state index in [0.29, 0.717) is 12.1 Å². The van der Waals surface area contributed by atoms with E-state index in [4.69, 9.17) is 4.42 Å². The molecule has 0 saturated heterocycles. The van der Waals surface area contributed by atoms with E-state index in [0.717, 1.165) is 35.5 Å². The third-order valence-corrected chi connectivity index (χ3v) is 4.55. The molecular weight excluding hydrogens is 338 g/mol. The van der Waals surface area contributed by atoms with Crippen molar-refractivity contribution in [3.8, 4) is 0 Å². The molecule has 0 unspecified atom stereocenters. The number of hydrogen-bond donors (Lipinski definition) is 2. The lowest BCUT2D eigenvalue weighted by molar-refractivity contribution is 0.0937. The third kappa shape index (κ3) is 5.20. The highest BCUT2D eigenvalue weighted by atomic mass is 16.3. The van der Waals surface area contributed by atoms with Crippen molar-refractivity contribution in [3.05, 3.63) is 83.6 Å². The van der Waals surface area contributed by atoms with Gasteiger partial charge in [-0.15, -0.1) is 0 Å². The van der Waals surface area contributed by atoms with Gasteiger partial charge in [0.2, 0.25) is 0 Å². The molecule has 0 radical (unpaired) electrons. The number of amides is 1. The van der Waals surface area contributed by atoms with Gasteiger partial charge in [-0.3, -0.25) is 9.78 Å². The lowest BCUT2D eigenvalue weighted by Crippen LogP contribution is -2.33. The van der Waals surface area contributed by atoms with Gasteiger partial charge < -0.3 is 15.1 Å². The molecule has 1 atom stereocenters. The Labute approximate surface area is 159 Å². The van der Waals surface area contributed by atoms with Crippen molar-refractivity contribution >= 4 is 11.6 Å². The quantitative estimate of drug-likeness (QED) is 0.624. The Kier molecular flexibility index (Phi) is 6.26. The molecule has 2 aromatic heterocycles. The monoisotopic (exact) mass is 363 g/mol. The van der Waals surface area contributed by atoms with E-state index < -0.39 is 0 Å². The summed E-state index contributed by atoms with van der Waals surface area (Å²) in [6.45, 7) is 4.59. The number of aromatic nitrogens is 1. The zero-order valence-corrected chi connectivity index (χ0v) is 15.7. The van der Waals surface area contributed by atoms with Crippen molar-refractivity contribution in [1.82, 2.24) is 10.3 Å². The fourth-order valence-electron chi connectivity index (χ4n) is 2.95. The number of rotatable bonds is 8. The summed E-state index contributed by atoms with van der Waals surface area (Å²) >= 11 is 0. The predicted molar refractivity (Wildman–Crippen MR) is 107 cm³/mol. The van der Waals surface area contributed by atoms with Crippen LogP contribution in [0.5, 0.6) is 0 Å². The summed E-state index contributed by atoms with van der Waals surface area (Å²) in [5.74, 6) is 0.883. The van der Waals surface area contributed by atoms with Gasteiger partial charge in [-0.25, -0.2) is 0 Å². The van der Waals surface area contributed by atoms with Crippen LogP contribution in [0.3, 0.4) is 0 Å².